The quantitative estimate of drug-likeness (QED) is 0.0275. The van der Waals surface area contributed by atoms with Crippen molar-refractivity contribution in [2.75, 3.05) is 52.8 Å². The number of non-ortho nitro benzene ring substituents is 1. The minimum atomic E-state index is -1.62. The molecule has 8 rings (SSSR count). The van der Waals surface area contributed by atoms with Crippen LogP contribution in [0.15, 0.2) is 114 Å². The monoisotopic (exact) mass is 949 g/mol. The average molecular weight is 950 g/mol. The van der Waals surface area contributed by atoms with Crippen molar-refractivity contribution in [3.8, 4) is 23.0 Å². The molecular weight excluding hydrogens is 887 g/mol. The first-order chi connectivity index (χ1) is 33.8. The number of allylic oxidation sites excluding steroid dienone is 1. The van der Waals surface area contributed by atoms with Crippen LogP contribution in [0.3, 0.4) is 0 Å². The predicted octanol–water partition coefficient (Wildman–Crippen LogP) is 9.21. The molecule has 0 aromatic heterocycles. The first kappa shape index (κ1) is 49.5. The van der Waals surface area contributed by atoms with E-state index in [-0.39, 0.29) is 81.8 Å². The molecule has 69 heavy (non-hydrogen) atoms. The van der Waals surface area contributed by atoms with E-state index in [0.717, 1.165) is 60.4 Å². The second-order valence-corrected chi connectivity index (χ2v) is 17.9. The molecule has 4 aliphatic rings. The van der Waals surface area contributed by atoms with Gasteiger partial charge in [-0.3, -0.25) is 15.0 Å². The molecule has 16 nitrogen and oxygen atoms in total. The number of nitro benzene ring substituents is 1. The molecule has 0 bridgehead atoms. The SMILES string of the molecule is C=CCO[C@@]12Oc3ccc(Oc4ccc5ccccc5c4)cc3[C@H]3[C@H](CCCCO)[C@@H](CCCCO)C=C(C(=NOC4CCCCO4)C[C@@H]1N(CCOCCO)C(=O)Oc1ccc([N+](=O)[O-])cc1)[C@H]32. The summed E-state index contributed by atoms with van der Waals surface area (Å²) in [5, 5.41) is 48.3. The molecule has 1 amide bonds. The fourth-order valence-electron chi connectivity index (χ4n) is 10.5. The van der Waals surface area contributed by atoms with E-state index >= 15 is 0 Å². The summed E-state index contributed by atoms with van der Waals surface area (Å²) in [5.74, 6) is -0.768. The highest BCUT2D eigenvalue weighted by atomic mass is 16.8. The van der Waals surface area contributed by atoms with Gasteiger partial charge >= 0.3 is 6.09 Å². The van der Waals surface area contributed by atoms with Gasteiger partial charge in [-0.05, 0) is 109 Å². The first-order valence-corrected chi connectivity index (χ1v) is 24.2. The van der Waals surface area contributed by atoms with Gasteiger partial charge in [0.05, 0.1) is 49.6 Å². The predicted molar refractivity (Wildman–Crippen MR) is 257 cm³/mol. The second-order valence-electron chi connectivity index (χ2n) is 17.9. The van der Waals surface area contributed by atoms with Crippen LogP contribution >= 0.6 is 0 Å². The number of benzene rings is 4. The number of amides is 1. The van der Waals surface area contributed by atoms with E-state index in [0.29, 0.717) is 48.8 Å². The van der Waals surface area contributed by atoms with E-state index in [1.54, 1.807) is 6.08 Å². The third-order valence-electron chi connectivity index (χ3n) is 13.6. The van der Waals surface area contributed by atoms with Crippen LogP contribution < -0.4 is 14.2 Å². The lowest BCUT2D eigenvalue weighted by atomic mass is 9.55. The van der Waals surface area contributed by atoms with Crippen LogP contribution in [-0.2, 0) is 19.0 Å². The molecule has 3 N–H and O–H groups in total. The zero-order chi connectivity index (χ0) is 48.2. The maximum atomic E-state index is 14.9. The van der Waals surface area contributed by atoms with Crippen LogP contribution in [0.5, 0.6) is 23.0 Å². The number of aliphatic hydroxyl groups is 3. The van der Waals surface area contributed by atoms with Crippen molar-refractivity contribution < 1.29 is 58.3 Å². The van der Waals surface area contributed by atoms with Gasteiger partial charge in [-0.25, -0.2) is 4.79 Å². The fraction of sp³-hybridized carbons (Fsp3) is 0.472. The maximum absolute atomic E-state index is 14.9. The largest absolute Gasteiger partial charge is 0.459 e. The maximum Gasteiger partial charge on any atom is 0.415 e. The van der Waals surface area contributed by atoms with E-state index in [4.69, 9.17) is 38.4 Å². The van der Waals surface area contributed by atoms with Crippen molar-refractivity contribution >= 4 is 28.3 Å². The number of nitrogens with zero attached hydrogens (tertiary/aromatic N) is 3. The molecule has 0 spiro atoms. The van der Waals surface area contributed by atoms with Crippen molar-refractivity contribution in [1.82, 2.24) is 4.90 Å². The van der Waals surface area contributed by atoms with Crippen LogP contribution in [0.1, 0.15) is 75.7 Å². The van der Waals surface area contributed by atoms with Gasteiger partial charge in [0, 0.05) is 56.2 Å². The highest BCUT2D eigenvalue weighted by molar-refractivity contribution is 6.03. The summed E-state index contributed by atoms with van der Waals surface area (Å²) in [5.41, 5.74) is 2.13. The lowest BCUT2D eigenvalue weighted by molar-refractivity contribution is -0.384. The van der Waals surface area contributed by atoms with Gasteiger partial charge < -0.3 is 48.6 Å². The molecule has 16 heteroatoms. The van der Waals surface area contributed by atoms with Gasteiger partial charge in [0.2, 0.25) is 12.1 Å². The zero-order valence-corrected chi connectivity index (χ0v) is 38.9. The lowest BCUT2D eigenvalue weighted by Gasteiger charge is -2.59. The normalized spacial score (nSPS) is 24.3. The number of rotatable bonds is 23. The number of carbonyl (C=O) groups is 1. The zero-order valence-electron chi connectivity index (χ0n) is 38.9. The van der Waals surface area contributed by atoms with E-state index in [2.05, 4.69) is 18.7 Å². The molecule has 1 saturated carbocycles. The van der Waals surface area contributed by atoms with Crippen LogP contribution in [0, 0.1) is 27.9 Å². The topological polar surface area (TPSA) is 201 Å². The first-order valence-electron chi connectivity index (χ1n) is 24.2. The van der Waals surface area contributed by atoms with Gasteiger partial charge in [-0.2, -0.15) is 0 Å². The van der Waals surface area contributed by atoms with E-state index in [9.17, 15) is 30.2 Å². The number of nitro groups is 1. The molecule has 368 valence electrons. The van der Waals surface area contributed by atoms with Crippen molar-refractivity contribution in [3.05, 3.63) is 125 Å². The number of hydrogen-bond acceptors (Lipinski definition) is 14. The summed E-state index contributed by atoms with van der Waals surface area (Å²) >= 11 is 0. The molecule has 2 heterocycles. The van der Waals surface area contributed by atoms with Gasteiger partial charge in [0.1, 0.15) is 29.0 Å². The minimum Gasteiger partial charge on any atom is -0.459 e. The summed E-state index contributed by atoms with van der Waals surface area (Å²) in [6.45, 7) is 4.45. The highest BCUT2D eigenvalue weighted by Gasteiger charge is 2.66. The van der Waals surface area contributed by atoms with Crippen LogP contribution in [-0.4, -0.2) is 108 Å². The Morgan fingerprint density at radius 3 is 2.39 bits per heavy atom. The summed E-state index contributed by atoms with van der Waals surface area (Å²) in [6, 6.07) is 24.1. The molecule has 2 aliphatic carbocycles. The Balaban J connectivity index is 1.31. The summed E-state index contributed by atoms with van der Waals surface area (Å²) < 4.78 is 38.9. The molecular formula is C53H63N3O13. The van der Waals surface area contributed by atoms with Crippen molar-refractivity contribution in [3.63, 3.8) is 0 Å². The van der Waals surface area contributed by atoms with Crippen LogP contribution in [0.4, 0.5) is 10.5 Å². The van der Waals surface area contributed by atoms with Crippen molar-refractivity contribution in [2.45, 2.75) is 88.2 Å². The molecule has 2 aliphatic heterocycles. The highest BCUT2D eigenvalue weighted by Crippen LogP contribution is 2.62. The van der Waals surface area contributed by atoms with Crippen LogP contribution in [0.2, 0.25) is 0 Å². The van der Waals surface area contributed by atoms with Crippen molar-refractivity contribution in [2.24, 2.45) is 22.9 Å². The third kappa shape index (κ3) is 11.4. The summed E-state index contributed by atoms with van der Waals surface area (Å²) in [4.78, 5) is 33.6. The van der Waals surface area contributed by atoms with Crippen LogP contribution in [0.25, 0.3) is 10.8 Å². The number of ether oxygens (including phenoxy) is 6. The van der Waals surface area contributed by atoms with E-state index in [1.807, 2.05) is 54.6 Å². The molecule has 4 aromatic rings. The fourth-order valence-corrected chi connectivity index (χ4v) is 10.5. The lowest BCUT2D eigenvalue weighted by Crippen LogP contribution is -2.70. The van der Waals surface area contributed by atoms with E-state index in [1.165, 1.54) is 29.2 Å². The average Bonchev–Trinajstić information content (AvgIpc) is 3.37. The molecule has 2 fully saturated rings. The summed E-state index contributed by atoms with van der Waals surface area (Å²) in [6.07, 6.45) is 9.30. The Morgan fingerprint density at radius 1 is 0.899 bits per heavy atom. The second kappa shape index (κ2) is 23.6. The molecule has 1 unspecified atom stereocenters. The van der Waals surface area contributed by atoms with Gasteiger partial charge in [-0.1, -0.05) is 60.5 Å². The molecule has 7 atom stereocenters. The van der Waals surface area contributed by atoms with Gasteiger partial charge in [-0.15, -0.1) is 6.58 Å². The molecule has 1 saturated heterocycles. The Bertz CT molecular complexity index is 2440. The molecule has 4 aromatic carbocycles. The number of hydrogen-bond donors (Lipinski definition) is 3. The third-order valence-corrected chi connectivity index (χ3v) is 13.6. The Kier molecular flexibility index (Phi) is 17.0. The number of oxime groups is 1. The van der Waals surface area contributed by atoms with E-state index < -0.39 is 35.1 Å². The number of aliphatic hydroxyl groups excluding tert-OH is 3. The number of carbonyl (C=O) groups excluding carboxylic acids is 1. The Hall–Kier alpha value is -5.88. The minimum absolute atomic E-state index is 0.00240. The molecule has 0 radical (unpaired) electrons. The Labute approximate surface area is 402 Å². The van der Waals surface area contributed by atoms with Crippen molar-refractivity contribution in [1.29, 1.82) is 0 Å². The van der Waals surface area contributed by atoms with Gasteiger partial charge in [0.15, 0.2) is 0 Å². The van der Waals surface area contributed by atoms with Gasteiger partial charge in [0.25, 0.3) is 5.69 Å². The smallest absolute Gasteiger partial charge is 0.415 e. The number of unbranched alkanes of at least 4 members (excludes halogenated alkanes) is 2. The summed E-state index contributed by atoms with van der Waals surface area (Å²) in [7, 11) is 0. The number of fused-ring (bicyclic) bond motifs is 3. The standard InChI is InChI=1S/C53H63N3O13/c1-2-28-65-53-48(55(24-30-63-31-27-59)52(60)67-40-20-17-39(18-21-40)56(61)62)35-46(54-69-49-15-7-10-29-64-49)44-33-38(13-5-8-25-57)43(14-6-9-26-58)50(51(44)53)45-34-42(22-23-47(45)68-53)66-41-19-16-36-11-3-4-12-37(36)32-41/h2-4,11-12,16-23,32-34,38,43,48-51,57-59H,1,5-10,13-15,24-31,35H2/t38-,43+,48-,49?,50+,51+,53+/m0/s1. The Morgan fingerprint density at radius 2 is 1.65 bits per heavy atom.